The topological polar surface area (TPSA) is 55.2 Å². The van der Waals surface area contributed by atoms with E-state index < -0.39 is 0 Å². The van der Waals surface area contributed by atoms with E-state index in [-0.39, 0.29) is 17.4 Å². The summed E-state index contributed by atoms with van der Waals surface area (Å²) in [6.45, 7) is 6.75. The summed E-state index contributed by atoms with van der Waals surface area (Å²) in [6, 6.07) is 7.95. The fourth-order valence-corrected chi connectivity index (χ4v) is 3.97. The number of anilines is 1. The fourth-order valence-electron chi connectivity index (χ4n) is 2.93. The molecule has 6 heteroatoms. The first kappa shape index (κ1) is 16.8. The van der Waals surface area contributed by atoms with Gasteiger partial charge in [0.1, 0.15) is 0 Å². The lowest BCUT2D eigenvalue weighted by atomic mass is 10.1. The first-order chi connectivity index (χ1) is 11.5. The van der Waals surface area contributed by atoms with Gasteiger partial charge in [-0.05, 0) is 38.5 Å². The highest BCUT2D eigenvalue weighted by Gasteiger charge is 2.30. The maximum absolute atomic E-state index is 13.0. The van der Waals surface area contributed by atoms with Gasteiger partial charge in [0.15, 0.2) is 5.16 Å². The molecule has 1 aliphatic rings. The Morgan fingerprint density at radius 1 is 1.42 bits per heavy atom. The lowest BCUT2D eigenvalue weighted by molar-refractivity contribution is -0.122. The van der Waals surface area contributed by atoms with Crippen LogP contribution in [0.1, 0.15) is 18.1 Å². The van der Waals surface area contributed by atoms with Crippen LogP contribution in [0, 0.1) is 19.8 Å². The van der Waals surface area contributed by atoms with Crippen molar-refractivity contribution in [3.63, 3.8) is 0 Å². The summed E-state index contributed by atoms with van der Waals surface area (Å²) in [7, 11) is 0. The maximum atomic E-state index is 13.0. The highest BCUT2D eigenvalue weighted by atomic mass is 32.2. The number of fused-ring (bicyclic) bond motifs is 1. The van der Waals surface area contributed by atoms with Crippen LogP contribution in [-0.2, 0) is 11.3 Å². The molecule has 0 saturated heterocycles. The number of aromatic nitrogens is 2. The molecule has 1 unspecified atom stereocenters. The number of hydrogen-bond acceptors (Lipinski definition) is 4. The zero-order valence-electron chi connectivity index (χ0n) is 14.2. The number of benzene rings is 1. The van der Waals surface area contributed by atoms with E-state index in [4.69, 9.17) is 0 Å². The summed E-state index contributed by atoms with van der Waals surface area (Å²) in [6.07, 6.45) is 1.61. The first-order valence-corrected chi connectivity index (χ1v) is 9.07. The van der Waals surface area contributed by atoms with Crippen LogP contribution >= 0.6 is 11.8 Å². The third-order valence-electron chi connectivity index (χ3n) is 4.24. The molecule has 0 N–H and O–H groups in total. The second kappa shape index (κ2) is 6.81. The summed E-state index contributed by atoms with van der Waals surface area (Å²) in [4.78, 5) is 31.5. The van der Waals surface area contributed by atoms with Gasteiger partial charge in [0.2, 0.25) is 5.91 Å². The van der Waals surface area contributed by atoms with Crippen molar-refractivity contribution in [1.29, 1.82) is 0 Å². The van der Waals surface area contributed by atoms with Gasteiger partial charge in [0, 0.05) is 36.3 Å². The molecule has 0 bridgehead atoms. The van der Waals surface area contributed by atoms with Crippen molar-refractivity contribution in [3.8, 4) is 0 Å². The van der Waals surface area contributed by atoms with Crippen LogP contribution in [0.4, 0.5) is 5.69 Å². The molecule has 0 aliphatic carbocycles. The van der Waals surface area contributed by atoms with E-state index in [0.717, 1.165) is 11.3 Å². The number of carbonyl (C=O) groups is 1. The molecule has 3 rings (SSSR count). The van der Waals surface area contributed by atoms with Crippen LogP contribution in [0.25, 0.3) is 0 Å². The molecule has 1 aliphatic heterocycles. The molecule has 0 fully saturated rings. The average molecular weight is 343 g/mol. The Morgan fingerprint density at radius 3 is 2.92 bits per heavy atom. The normalized spacial score (nSPS) is 16.5. The minimum atomic E-state index is -0.218. The summed E-state index contributed by atoms with van der Waals surface area (Å²) < 4.78 is 1.64. The third-order valence-corrected chi connectivity index (χ3v) is 5.40. The minimum Gasteiger partial charge on any atom is -0.312 e. The zero-order chi connectivity index (χ0) is 17.3. The van der Waals surface area contributed by atoms with Crippen LogP contribution in [0.5, 0.6) is 0 Å². The van der Waals surface area contributed by atoms with Gasteiger partial charge in [-0.25, -0.2) is 4.98 Å². The van der Waals surface area contributed by atoms with Crippen molar-refractivity contribution in [2.45, 2.75) is 32.5 Å². The zero-order valence-corrected chi connectivity index (χ0v) is 15.0. The van der Waals surface area contributed by atoms with Crippen LogP contribution in [-0.4, -0.2) is 27.8 Å². The van der Waals surface area contributed by atoms with Gasteiger partial charge >= 0.3 is 0 Å². The third kappa shape index (κ3) is 3.11. The number of nitrogens with zero attached hydrogens (tertiary/aromatic N) is 3. The lowest BCUT2D eigenvalue weighted by Crippen LogP contribution is -2.42. The monoisotopic (exact) mass is 343 g/mol. The van der Waals surface area contributed by atoms with E-state index in [1.165, 1.54) is 11.8 Å². The molecule has 2 aromatic rings. The van der Waals surface area contributed by atoms with E-state index in [1.807, 2.05) is 38.1 Å². The fraction of sp³-hybridized carbons (Fsp3) is 0.389. The molecule has 1 aromatic carbocycles. The molecular formula is C18H21N3O2S. The number of amides is 1. The molecule has 1 atom stereocenters. The maximum Gasteiger partial charge on any atom is 0.257 e. The van der Waals surface area contributed by atoms with Crippen molar-refractivity contribution >= 4 is 23.4 Å². The van der Waals surface area contributed by atoms with Gasteiger partial charge < -0.3 is 4.90 Å². The van der Waals surface area contributed by atoms with Crippen LogP contribution < -0.4 is 10.5 Å². The standard InChI is InChI=1S/C18H21N3O2S/c1-4-20(15-7-5-6-12(2)8-15)17(23)14-10-21-16(22)13(3)9-19-18(21)24-11-14/h5-9,14H,4,10-11H2,1-3H3. The first-order valence-electron chi connectivity index (χ1n) is 8.08. The van der Waals surface area contributed by atoms with Gasteiger partial charge in [-0.2, -0.15) is 0 Å². The van der Waals surface area contributed by atoms with Crippen LogP contribution in [0.15, 0.2) is 40.4 Å². The largest absolute Gasteiger partial charge is 0.312 e. The summed E-state index contributed by atoms with van der Waals surface area (Å²) in [5.41, 5.74) is 2.59. The Hall–Kier alpha value is -2.08. The molecule has 1 amide bonds. The van der Waals surface area contributed by atoms with E-state index in [9.17, 15) is 9.59 Å². The van der Waals surface area contributed by atoms with Gasteiger partial charge in [0.05, 0.1) is 5.92 Å². The smallest absolute Gasteiger partial charge is 0.257 e. The van der Waals surface area contributed by atoms with Gasteiger partial charge in [-0.15, -0.1) is 0 Å². The van der Waals surface area contributed by atoms with Crippen LogP contribution in [0.2, 0.25) is 0 Å². The van der Waals surface area contributed by atoms with Gasteiger partial charge in [0.25, 0.3) is 5.56 Å². The summed E-state index contributed by atoms with van der Waals surface area (Å²) in [5.74, 6) is 0.496. The molecule has 0 radical (unpaired) electrons. The quantitative estimate of drug-likeness (QED) is 0.804. The number of rotatable bonds is 3. The second-order valence-corrected chi connectivity index (χ2v) is 7.06. The Bertz CT molecular complexity index is 831. The van der Waals surface area contributed by atoms with Gasteiger partial charge in [-0.3, -0.25) is 14.2 Å². The van der Waals surface area contributed by atoms with Crippen molar-refractivity contribution in [2.75, 3.05) is 17.2 Å². The number of thioether (sulfide) groups is 1. The van der Waals surface area contributed by atoms with E-state index in [1.54, 1.807) is 22.6 Å². The molecule has 2 heterocycles. The van der Waals surface area contributed by atoms with E-state index >= 15 is 0 Å². The average Bonchev–Trinajstić information content (AvgIpc) is 2.58. The molecule has 126 valence electrons. The van der Waals surface area contributed by atoms with Gasteiger partial charge in [-0.1, -0.05) is 23.9 Å². The Labute approximate surface area is 145 Å². The number of carbonyl (C=O) groups excluding carboxylic acids is 1. The van der Waals surface area contributed by atoms with Crippen molar-refractivity contribution in [3.05, 3.63) is 51.9 Å². The summed E-state index contributed by atoms with van der Waals surface area (Å²) >= 11 is 1.48. The molecule has 1 aromatic heterocycles. The highest BCUT2D eigenvalue weighted by Crippen LogP contribution is 2.27. The molecule has 5 nitrogen and oxygen atoms in total. The predicted octanol–water partition coefficient (Wildman–Crippen LogP) is 2.64. The SMILES string of the molecule is CCN(C(=O)C1CSc2ncc(C)c(=O)n2C1)c1cccc(C)c1. The van der Waals surface area contributed by atoms with Crippen molar-refractivity contribution < 1.29 is 4.79 Å². The summed E-state index contributed by atoms with van der Waals surface area (Å²) in [5, 5.41) is 0.702. The highest BCUT2D eigenvalue weighted by molar-refractivity contribution is 7.99. The Kier molecular flexibility index (Phi) is 4.76. The minimum absolute atomic E-state index is 0.0522. The Morgan fingerprint density at radius 2 is 2.21 bits per heavy atom. The van der Waals surface area contributed by atoms with E-state index in [2.05, 4.69) is 4.98 Å². The van der Waals surface area contributed by atoms with E-state index in [0.29, 0.717) is 29.6 Å². The predicted molar refractivity (Wildman–Crippen MR) is 96.7 cm³/mol. The molecular weight excluding hydrogens is 322 g/mol. The molecule has 0 spiro atoms. The van der Waals surface area contributed by atoms with Crippen molar-refractivity contribution in [2.24, 2.45) is 5.92 Å². The molecule has 0 saturated carbocycles. The van der Waals surface area contributed by atoms with Crippen molar-refractivity contribution in [1.82, 2.24) is 9.55 Å². The molecule has 24 heavy (non-hydrogen) atoms. The Balaban J connectivity index is 1.87. The number of hydrogen-bond donors (Lipinski definition) is 0. The number of aryl methyl sites for hydroxylation is 2. The second-order valence-electron chi connectivity index (χ2n) is 6.07. The lowest BCUT2D eigenvalue weighted by Gasteiger charge is -2.30. The van der Waals surface area contributed by atoms with Crippen LogP contribution in [0.3, 0.4) is 0 Å².